The van der Waals surface area contributed by atoms with Gasteiger partial charge in [0.05, 0.1) is 6.61 Å². The normalized spacial score (nSPS) is 9.71. The zero-order chi connectivity index (χ0) is 12.5. The molecule has 0 aromatic heterocycles. The summed E-state index contributed by atoms with van der Waals surface area (Å²) < 4.78 is 10.4. The standard InChI is InChI=1S/C14H18O3/c1-3-5-10-16-13-8-6-12(7-9-13)11-17-14(15)4-2/h4,6-9H,2-3,5,10-11H2,1H3. The Hall–Kier alpha value is -1.77. The molecule has 1 aromatic carbocycles. The van der Waals surface area contributed by atoms with Crippen LogP contribution in [0, 0.1) is 0 Å². The first-order valence-corrected chi connectivity index (χ1v) is 5.77. The van der Waals surface area contributed by atoms with Gasteiger partial charge >= 0.3 is 5.97 Å². The summed E-state index contributed by atoms with van der Waals surface area (Å²) in [6.07, 6.45) is 3.33. The molecule has 0 saturated heterocycles. The van der Waals surface area contributed by atoms with Gasteiger partial charge in [-0.2, -0.15) is 0 Å². The van der Waals surface area contributed by atoms with Gasteiger partial charge in [-0.05, 0) is 24.1 Å². The lowest BCUT2D eigenvalue weighted by atomic mass is 10.2. The largest absolute Gasteiger partial charge is 0.494 e. The van der Waals surface area contributed by atoms with Crippen molar-refractivity contribution in [2.75, 3.05) is 6.61 Å². The minimum Gasteiger partial charge on any atom is -0.494 e. The van der Waals surface area contributed by atoms with Crippen molar-refractivity contribution in [3.63, 3.8) is 0 Å². The number of hydrogen-bond donors (Lipinski definition) is 0. The van der Waals surface area contributed by atoms with Crippen molar-refractivity contribution >= 4 is 5.97 Å². The van der Waals surface area contributed by atoms with Crippen molar-refractivity contribution < 1.29 is 14.3 Å². The maximum absolute atomic E-state index is 10.9. The van der Waals surface area contributed by atoms with E-state index in [0.717, 1.165) is 36.8 Å². The first-order valence-electron chi connectivity index (χ1n) is 5.77. The minimum atomic E-state index is -0.409. The lowest BCUT2D eigenvalue weighted by Gasteiger charge is -2.06. The van der Waals surface area contributed by atoms with Crippen LogP contribution in [0.3, 0.4) is 0 Å². The molecule has 0 amide bonds. The molecule has 0 unspecified atom stereocenters. The Bertz CT molecular complexity index is 354. The zero-order valence-electron chi connectivity index (χ0n) is 10.1. The number of esters is 1. The lowest BCUT2D eigenvalue weighted by molar-refractivity contribution is -0.138. The van der Waals surface area contributed by atoms with Gasteiger partial charge in [-0.15, -0.1) is 0 Å². The van der Waals surface area contributed by atoms with Crippen molar-refractivity contribution in [3.8, 4) is 5.75 Å². The molecule has 3 nitrogen and oxygen atoms in total. The molecule has 0 heterocycles. The molecule has 0 aliphatic carbocycles. The molecule has 0 N–H and O–H groups in total. The van der Waals surface area contributed by atoms with Crippen molar-refractivity contribution in [1.82, 2.24) is 0 Å². The number of ether oxygens (including phenoxy) is 2. The molecule has 0 radical (unpaired) electrons. The Morgan fingerprint density at radius 2 is 2.06 bits per heavy atom. The van der Waals surface area contributed by atoms with E-state index in [2.05, 4.69) is 13.5 Å². The van der Waals surface area contributed by atoms with Gasteiger partial charge in [-0.1, -0.05) is 32.1 Å². The SMILES string of the molecule is C=CC(=O)OCc1ccc(OCCCC)cc1. The number of benzene rings is 1. The molecule has 1 aromatic rings. The Morgan fingerprint density at radius 3 is 2.65 bits per heavy atom. The van der Waals surface area contributed by atoms with E-state index in [1.807, 2.05) is 24.3 Å². The van der Waals surface area contributed by atoms with Gasteiger partial charge in [0.25, 0.3) is 0 Å². The van der Waals surface area contributed by atoms with Crippen molar-refractivity contribution in [3.05, 3.63) is 42.5 Å². The Morgan fingerprint density at radius 1 is 1.35 bits per heavy atom. The van der Waals surface area contributed by atoms with Crippen molar-refractivity contribution in [2.24, 2.45) is 0 Å². The predicted octanol–water partition coefficient (Wildman–Crippen LogP) is 3.09. The summed E-state index contributed by atoms with van der Waals surface area (Å²) >= 11 is 0. The molecule has 3 heteroatoms. The number of carbonyl (C=O) groups excluding carboxylic acids is 1. The van der Waals surface area contributed by atoms with Gasteiger partial charge in [-0.25, -0.2) is 4.79 Å². The third-order valence-corrected chi connectivity index (χ3v) is 2.24. The van der Waals surface area contributed by atoms with Crippen LogP contribution >= 0.6 is 0 Å². The van der Waals surface area contributed by atoms with Gasteiger partial charge in [0.15, 0.2) is 0 Å². The average molecular weight is 234 g/mol. The monoisotopic (exact) mass is 234 g/mol. The van der Waals surface area contributed by atoms with Crippen LogP contribution in [0.4, 0.5) is 0 Å². The second kappa shape index (κ2) is 7.49. The minimum absolute atomic E-state index is 0.264. The molecular weight excluding hydrogens is 216 g/mol. The zero-order valence-corrected chi connectivity index (χ0v) is 10.1. The number of unbranched alkanes of at least 4 members (excludes halogenated alkanes) is 1. The number of rotatable bonds is 7. The van der Waals surface area contributed by atoms with E-state index in [9.17, 15) is 4.79 Å². The summed E-state index contributed by atoms with van der Waals surface area (Å²) in [5.74, 6) is 0.436. The van der Waals surface area contributed by atoms with Gasteiger partial charge < -0.3 is 9.47 Å². The highest BCUT2D eigenvalue weighted by Crippen LogP contribution is 2.13. The number of carbonyl (C=O) groups is 1. The Balaban J connectivity index is 2.39. The van der Waals surface area contributed by atoms with E-state index in [1.165, 1.54) is 0 Å². The summed E-state index contributed by atoms with van der Waals surface area (Å²) in [5.41, 5.74) is 0.933. The molecule has 92 valence electrons. The molecule has 0 spiro atoms. The van der Waals surface area contributed by atoms with E-state index in [4.69, 9.17) is 9.47 Å². The fourth-order valence-corrected chi connectivity index (χ4v) is 1.23. The van der Waals surface area contributed by atoms with Crippen molar-refractivity contribution in [1.29, 1.82) is 0 Å². The first kappa shape index (κ1) is 13.3. The molecule has 1 rings (SSSR count). The topological polar surface area (TPSA) is 35.5 Å². The lowest BCUT2D eigenvalue weighted by Crippen LogP contribution is -2.00. The highest BCUT2D eigenvalue weighted by molar-refractivity contribution is 5.81. The molecule has 0 saturated carbocycles. The van der Waals surface area contributed by atoms with Crippen LogP contribution in [0.15, 0.2) is 36.9 Å². The second-order valence-corrected chi connectivity index (χ2v) is 3.66. The fourth-order valence-electron chi connectivity index (χ4n) is 1.23. The van der Waals surface area contributed by atoms with Gasteiger partial charge in [0.1, 0.15) is 12.4 Å². The van der Waals surface area contributed by atoms with Crippen LogP contribution in [0.5, 0.6) is 5.75 Å². The van der Waals surface area contributed by atoms with Gasteiger partial charge in [-0.3, -0.25) is 0 Å². The maximum Gasteiger partial charge on any atom is 0.330 e. The van der Waals surface area contributed by atoms with Crippen molar-refractivity contribution in [2.45, 2.75) is 26.4 Å². The van der Waals surface area contributed by atoms with Gasteiger partial charge in [0.2, 0.25) is 0 Å². The van der Waals surface area contributed by atoms with Crippen LogP contribution in [0.1, 0.15) is 25.3 Å². The van der Waals surface area contributed by atoms with E-state index in [1.54, 1.807) is 0 Å². The molecular formula is C14H18O3. The summed E-state index contributed by atoms with van der Waals surface area (Å²) in [5, 5.41) is 0. The molecule has 17 heavy (non-hydrogen) atoms. The smallest absolute Gasteiger partial charge is 0.330 e. The van der Waals surface area contributed by atoms with Crippen LogP contribution in [0.25, 0.3) is 0 Å². The highest BCUT2D eigenvalue weighted by Gasteiger charge is 1.99. The number of hydrogen-bond acceptors (Lipinski definition) is 3. The second-order valence-electron chi connectivity index (χ2n) is 3.66. The van der Waals surface area contributed by atoms with Crippen LogP contribution < -0.4 is 4.74 Å². The third kappa shape index (κ3) is 5.20. The molecule has 0 atom stereocenters. The van der Waals surface area contributed by atoms with E-state index in [0.29, 0.717) is 0 Å². The summed E-state index contributed by atoms with van der Waals surface area (Å²) in [6.45, 7) is 6.46. The van der Waals surface area contributed by atoms with E-state index >= 15 is 0 Å². The van der Waals surface area contributed by atoms with Crippen LogP contribution in [0.2, 0.25) is 0 Å². The average Bonchev–Trinajstić information content (AvgIpc) is 2.37. The first-order chi connectivity index (χ1) is 8.26. The maximum atomic E-state index is 10.9. The Labute approximate surface area is 102 Å². The fraction of sp³-hybridized carbons (Fsp3) is 0.357. The Kier molecular flexibility index (Phi) is 5.86. The quantitative estimate of drug-likeness (QED) is 0.413. The predicted molar refractivity (Wildman–Crippen MR) is 66.8 cm³/mol. The molecule has 0 fully saturated rings. The van der Waals surface area contributed by atoms with Gasteiger partial charge in [0, 0.05) is 6.08 Å². The summed E-state index contributed by atoms with van der Waals surface area (Å²) in [4.78, 5) is 10.9. The highest BCUT2D eigenvalue weighted by atomic mass is 16.5. The van der Waals surface area contributed by atoms with Crippen LogP contribution in [-0.2, 0) is 16.1 Å². The third-order valence-electron chi connectivity index (χ3n) is 2.24. The molecule has 0 aliphatic heterocycles. The summed E-state index contributed by atoms with van der Waals surface area (Å²) in [6, 6.07) is 7.54. The molecule has 0 aliphatic rings. The van der Waals surface area contributed by atoms with E-state index in [-0.39, 0.29) is 6.61 Å². The summed E-state index contributed by atoms with van der Waals surface area (Å²) in [7, 11) is 0. The van der Waals surface area contributed by atoms with Crippen LogP contribution in [-0.4, -0.2) is 12.6 Å². The molecule has 0 bridgehead atoms. The van der Waals surface area contributed by atoms with E-state index < -0.39 is 5.97 Å².